The quantitative estimate of drug-likeness (QED) is 0.905. The van der Waals surface area contributed by atoms with Gasteiger partial charge in [0.05, 0.1) is 12.5 Å². The number of ether oxygens (including phenoxy) is 2. The van der Waals surface area contributed by atoms with Gasteiger partial charge in [-0.3, -0.25) is 4.79 Å². The molecule has 1 aromatic carbocycles. The van der Waals surface area contributed by atoms with Crippen molar-refractivity contribution in [3.05, 3.63) is 30.1 Å². The van der Waals surface area contributed by atoms with Crippen LogP contribution in [0.5, 0.6) is 5.75 Å². The first kappa shape index (κ1) is 16.7. The van der Waals surface area contributed by atoms with Gasteiger partial charge in [-0.25, -0.2) is 9.18 Å². The van der Waals surface area contributed by atoms with Crippen molar-refractivity contribution in [2.45, 2.75) is 24.9 Å². The highest BCUT2D eigenvalue weighted by molar-refractivity contribution is 5.81. The molecule has 0 aromatic heterocycles. The number of nitrogens with zero attached hydrogens (tertiary/aromatic N) is 1. The first-order valence-electron chi connectivity index (χ1n) is 8.05. The molecule has 130 valence electrons. The van der Waals surface area contributed by atoms with Crippen LogP contribution in [0, 0.1) is 11.7 Å². The van der Waals surface area contributed by atoms with E-state index in [9.17, 15) is 19.1 Å². The summed E-state index contributed by atoms with van der Waals surface area (Å²) in [5.74, 6) is -1.52. The van der Waals surface area contributed by atoms with Gasteiger partial charge in [0.2, 0.25) is 11.5 Å². The third-order valence-electron chi connectivity index (χ3n) is 4.66. The van der Waals surface area contributed by atoms with Crippen LogP contribution >= 0.6 is 0 Å². The van der Waals surface area contributed by atoms with Gasteiger partial charge in [0.25, 0.3) is 0 Å². The fourth-order valence-corrected chi connectivity index (χ4v) is 3.19. The Balaban J connectivity index is 1.68. The molecule has 2 fully saturated rings. The molecule has 0 saturated carbocycles. The van der Waals surface area contributed by atoms with E-state index in [1.165, 1.54) is 18.2 Å². The Hall–Kier alpha value is -2.15. The highest BCUT2D eigenvalue weighted by atomic mass is 19.1. The molecule has 7 heteroatoms. The number of carboxylic acids is 1. The van der Waals surface area contributed by atoms with Crippen LogP contribution < -0.4 is 4.74 Å². The van der Waals surface area contributed by atoms with E-state index in [-0.39, 0.29) is 30.4 Å². The van der Waals surface area contributed by atoms with Gasteiger partial charge in [0.1, 0.15) is 11.6 Å². The van der Waals surface area contributed by atoms with Gasteiger partial charge < -0.3 is 19.5 Å². The number of halogens is 1. The SMILES string of the molecule is O=C(C1CCOC1)N1CCC(Oc2cccc(F)c2)(C(=O)O)CC1. The van der Waals surface area contributed by atoms with E-state index in [0.717, 1.165) is 6.07 Å². The Morgan fingerprint density at radius 1 is 1.33 bits per heavy atom. The zero-order chi connectivity index (χ0) is 17.2. The molecule has 0 bridgehead atoms. The van der Waals surface area contributed by atoms with Crippen LogP contribution in [-0.2, 0) is 14.3 Å². The summed E-state index contributed by atoms with van der Waals surface area (Å²) in [5, 5.41) is 9.61. The van der Waals surface area contributed by atoms with Crippen LogP contribution in [0.2, 0.25) is 0 Å². The van der Waals surface area contributed by atoms with Gasteiger partial charge in [-0.2, -0.15) is 0 Å². The molecule has 1 amide bonds. The summed E-state index contributed by atoms with van der Waals surface area (Å²) in [6.45, 7) is 1.62. The van der Waals surface area contributed by atoms with Crippen LogP contribution in [0.3, 0.4) is 0 Å². The predicted octanol–water partition coefficient (Wildman–Crippen LogP) is 1.69. The van der Waals surface area contributed by atoms with Crippen molar-refractivity contribution < 1.29 is 28.6 Å². The lowest BCUT2D eigenvalue weighted by Crippen LogP contribution is -2.55. The number of aliphatic carboxylic acids is 1. The van der Waals surface area contributed by atoms with Gasteiger partial charge in [0.15, 0.2) is 0 Å². The van der Waals surface area contributed by atoms with E-state index >= 15 is 0 Å². The average Bonchev–Trinajstić information content (AvgIpc) is 3.09. The summed E-state index contributed by atoms with van der Waals surface area (Å²) < 4.78 is 24.2. The Morgan fingerprint density at radius 2 is 2.08 bits per heavy atom. The smallest absolute Gasteiger partial charge is 0.348 e. The number of likely N-dealkylation sites (tertiary alicyclic amines) is 1. The second-order valence-electron chi connectivity index (χ2n) is 6.24. The van der Waals surface area contributed by atoms with Gasteiger partial charge in [0, 0.05) is 38.6 Å². The van der Waals surface area contributed by atoms with Gasteiger partial charge >= 0.3 is 5.97 Å². The molecule has 1 aromatic rings. The highest BCUT2D eigenvalue weighted by Crippen LogP contribution is 2.31. The minimum Gasteiger partial charge on any atom is -0.478 e. The fourth-order valence-electron chi connectivity index (χ4n) is 3.19. The van der Waals surface area contributed by atoms with Crippen LogP contribution in [0.15, 0.2) is 24.3 Å². The van der Waals surface area contributed by atoms with E-state index in [4.69, 9.17) is 9.47 Å². The summed E-state index contributed by atoms with van der Waals surface area (Å²) >= 11 is 0. The summed E-state index contributed by atoms with van der Waals surface area (Å²) in [6.07, 6.45) is 1.04. The molecule has 24 heavy (non-hydrogen) atoms. The van der Waals surface area contributed by atoms with Gasteiger partial charge in [-0.1, -0.05) is 6.07 Å². The normalized spacial score (nSPS) is 23.0. The van der Waals surface area contributed by atoms with Gasteiger partial charge in [-0.15, -0.1) is 0 Å². The first-order valence-corrected chi connectivity index (χ1v) is 8.05. The van der Waals surface area contributed by atoms with Crippen molar-refractivity contribution in [1.29, 1.82) is 0 Å². The Kier molecular flexibility index (Phi) is 4.71. The molecular formula is C17H20FNO5. The van der Waals surface area contributed by atoms with Crippen molar-refractivity contribution in [3.63, 3.8) is 0 Å². The summed E-state index contributed by atoms with van der Waals surface area (Å²) in [7, 11) is 0. The Bertz CT molecular complexity index is 621. The third kappa shape index (κ3) is 3.36. The first-order chi connectivity index (χ1) is 11.5. The number of carbonyl (C=O) groups excluding carboxylic acids is 1. The molecule has 2 saturated heterocycles. The van der Waals surface area contributed by atoms with E-state index in [1.54, 1.807) is 4.90 Å². The lowest BCUT2D eigenvalue weighted by atomic mass is 9.90. The van der Waals surface area contributed by atoms with Crippen molar-refractivity contribution >= 4 is 11.9 Å². The topological polar surface area (TPSA) is 76.1 Å². The number of benzene rings is 1. The molecule has 6 nitrogen and oxygen atoms in total. The minimum atomic E-state index is -1.43. The molecule has 0 aliphatic carbocycles. The maximum atomic E-state index is 13.3. The van der Waals surface area contributed by atoms with Crippen molar-refractivity contribution in [2.24, 2.45) is 5.92 Å². The summed E-state index contributed by atoms with van der Waals surface area (Å²) in [4.78, 5) is 25.8. The zero-order valence-electron chi connectivity index (χ0n) is 13.2. The predicted molar refractivity (Wildman–Crippen MR) is 82.1 cm³/mol. The van der Waals surface area contributed by atoms with E-state index in [0.29, 0.717) is 32.7 Å². The maximum Gasteiger partial charge on any atom is 0.348 e. The van der Waals surface area contributed by atoms with Crippen LogP contribution in [0.1, 0.15) is 19.3 Å². The van der Waals surface area contributed by atoms with E-state index in [1.807, 2.05) is 0 Å². The van der Waals surface area contributed by atoms with Crippen molar-refractivity contribution in [1.82, 2.24) is 4.90 Å². The second kappa shape index (κ2) is 6.76. The number of piperidine rings is 1. The van der Waals surface area contributed by atoms with Crippen molar-refractivity contribution in [2.75, 3.05) is 26.3 Å². The van der Waals surface area contributed by atoms with Crippen LogP contribution in [0.4, 0.5) is 4.39 Å². The van der Waals surface area contributed by atoms with Gasteiger partial charge in [-0.05, 0) is 18.6 Å². The maximum absolute atomic E-state index is 13.3. The van der Waals surface area contributed by atoms with Crippen LogP contribution in [0.25, 0.3) is 0 Å². The number of hydrogen-bond donors (Lipinski definition) is 1. The molecule has 2 aliphatic heterocycles. The molecule has 1 unspecified atom stereocenters. The zero-order valence-corrected chi connectivity index (χ0v) is 13.2. The lowest BCUT2D eigenvalue weighted by molar-refractivity contribution is -0.162. The molecular weight excluding hydrogens is 317 g/mol. The number of carbonyl (C=O) groups is 2. The largest absolute Gasteiger partial charge is 0.478 e. The van der Waals surface area contributed by atoms with E-state index in [2.05, 4.69) is 0 Å². The number of rotatable bonds is 4. The molecule has 1 atom stereocenters. The molecule has 3 rings (SSSR count). The second-order valence-corrected chi connectivity index (χ2v) is 6.24. The molecule has 2 aliphatic rings. The summed E-state index contributed by atoms with van der Waals surface area (Å²) in [6, 6.07) is 5.43. The summed E-state index contributed by atoms with van der Waals surface area (Å²) in [5.41, 5.74) is -1.43. The number of carboxylic acid groups (broad SMARTS) is 1. The Labute approximate surface area is 139 Å². The highest BCUT2D eigenvalue weighted by Gasteiger charge is 2.45. The molecule has 0 spiro atoms. The fraction of sp³-hybridized carbons (Fsp3) is 0.529. The average molecular weight is 337 g/mol. The molecule has 2 heterocycles. The number of hydrogen-bond acceptors (Lipinski definition) is 4. The minimum absolute atomic E-state index is 0.0113. The molecule has 1 N–H and O–H groups in total. The van der Waals surface area contributed by atoms with Crippen molar-refractivity contribution in [3.8, 4) is 5.75 Å². The lowest BCUT2D eigenvalue weighted by Gasteiger charge is -2.39. The third-order valence-corrected chi connectivity index (χ3v) is 4.66. The van der Waals surface area contributed by atoms with E-state index < -0.39 is 17.4 Å². The monoisotopic (exact) mass is 337 g/mol. The number of amides is 1. The molecule has 0 radical (unpaired) electrons. The standard InChI is InChI=1S/C17H20FNO5/c18-13-2-1-3-14(10-13)24-17(16(21)22)5-7-19(8-6-17)15(20)12-4-9-23-11-12/h1-3,10,12H,4-9,11H2,(H,21,22). The van der Waals surface area contributed by atoms with Crippen LogP contribution in [-0.4, -0.2) is 53.8 Å². The Morgan fingerprint density at radius 3 is 2.67 bits per heavy atom.